The highest BCUT2D eigenvalue weighted by Crippen LogP contribution is 2.27. The van der Waals surface area contributed by atoms with Crippen LogP contribution in [0.1, 0.15) is 5.56 Å². The summed E-state index contributed by atoms with van der Waals surface area (Å²) in [6.07, 6.45) is 1.54. The SMILES string of the molecule is COc1ncccc1CS(=O)(=O)c1ccc(Br)cc1N. The highest BCUT2D eigenvalue weighted by atomic mass is 79.9. The Balaban J connectivity index is 2.41. The number of methoxy groups -OCH3 is 1. The number of anilines is 1. The lowest BCUT2D eigenvalue weighted by Gasteiger charge is -2.10. The lowest BCUT2D eigenvalue weighted by atomic mass is 10.3. The third kappa shape index (κ3) is 3.10. The molecular formula is C13H13BrN2O3S. The molecule has 0 spiro atoms. The van der Waals surface area contributed by atoms with Gasteiger partial charge < -0.3 is 10.5 Å². The van der Waals surface area contributed by atoms with E-state index in [1.54, 1.807) is 30.5 Å². The summed E-state index contributed by atoms with van der Waals surface area (Å²) in [5.74, 6) is 0.0855. The minimum atomic E-state index is -3.56. The van der Waals surface area contributed by atoms with E-state index in [1.165, 1.54) is 13.2 Å². The number of rotatable bonds is 4. The number of halogens is 1. The zero-order valence-electron chi connectivity index (χ0n) is 10.7. The van der Waals surface area contributed by atoms with E-state index < -0.39 is 9.84 Å². The zero-order chi connectivity index (χ0) is 14.8. The third-order valence-corrected chi connectivity index (χ3v) is 4.92. The minimum Gasteiger partial charge on any atom is -0.481 e. The molecular weight excluding hydrogens is 344 g/mol. The minimum absolute atomic E-state index is 0.103. The molecule has 20 heavy (non-hydrogen) atoms. The zero-order valence-corrected chi connectivity index (χ0v) is 13.1. The van der Waals surface area contributed by atoms with Gasteiger partial charge in [-0.25, -0.2) is 13.4 Å². The van der Waals surface area contributed by atoms with Gasteiger partial charge in [0.2, 0.25) is 5.88 Å². The number of nitrogen functional groups attached to an aromatic ring is 1. The second-order valence-electron chi connectivity index (χ2n) is 4.11. The Bertz CT molecular complexity index is 732. The van der Waals surface area contributed by atoms with Gasteiger partial charge >= 0.3 is 0 Å². The molecule has 0 amide bonds. The fourth-order valence-electron chi connectivity index (χ4n) is 1.80. The summed E-state index contributed by atoms with van der Waals surface area (Å²) in [5, 5.41) is 0. The van der Waals surface area contributed by atoms with Crippen LogP contribution in [0.2, 0.25) is 0 Å². The average molecular weight is 357 g/mol. The summed E-state index contributed by atoms with van der Waals surface area (Å²) >= 11 is 3.25. The summed E-state index contributed by atoms with van der Waals surface area (Å²) < 4.78 is 30.6. The highest BCUT2D eigenvalue weighted by Gasteiger charge is 2.20. The Hall–Kier alpha value is -1.60. The molecule has 0 saturated heterocycles. The fraction of sp³-hybridized carbons (Fsp3) is 0.154. The largest absolute Gasteiger partial charge is 0.481 e. The first-order valence-corrected chi connectivity index (χ1v) is 8.14. The lowest BCUT2D eigenvalue weighted by molar-refractivity contribution is 0.394. The first-order chi connectivity index (χ1) is 9.44. The Kier molecular flexibility index (Phi) is 4.29. The van der Waals surface area contributed by atoms with Gasteiger partial charge in [-0.15, -0.1) is 0 Å². The van der Waals surface area contributed by atoms with Gasteiger partial charge in [0.05, 0.1) is 23.4 Å². The summed E-state index contributed by atoms with van der Waals surface area (Å²) in [6, 6.07) is 8.02. The van der Waals surface area contributed by atoms with Crippen molar-refractivity contribution in [1.82, 2.24) is 4.98 Å². The number of hydrogen-bond acceptors (Lipinski definition) is 5. The van der Waals surface area contributed by atoms with Crippen molar-refractivity contribution in [2.24, 2.45) is 0 Å². The van der Waals surface area contributed by atoms with E-state index in [-0.39, 0.29) is 16.3 Å². The summed E-state index contributed by atoms with van der Waals surface area (Å²) in [6.45, 7) is 0. The van der Waals surface area contributed by atoms with E-state index in [1.807, 2.05) is 0 Å². The van der Waals surface area contributed by atoms with Crippen molar-refractivity contribution in [3.63, 3.8) is 0 Å². The summed E-state index contributed by atoms with van der Waals surface area (Å²) in [4.78, 5) is 4.09. The molecule has 2 rings (SSSR count). The molecule has 2 N–H and O–H groups in total. The molecule has 0 aliphatic rings. The van der Waals surface area contributed by atoms with Crippen molar-refractivity contribution in [2.75, 3.05) is 12.8 Å². The maximum atomic E-state index is 12.4. The van der Waals surface area contributed by atoms with E-state index in [0.717, 1.165) is 4.47 Å². The molecule has 7 heteroatoms. The molecule has 106 valence electrons. The van der Waals surface area contributed by atoms with Gasteiger partial charge in [0, 0.05) is 16.2 Å². The van der Waals surface area contributed by atoms with Gasteiger partial charge in [-0.3, -0.25) is 0 Å². The van der Waals surface area contributed by atoms with Crippen molar-refractivity contribution in [3.05, 3.63) is 46.6 Å². The molecule has 0 radical (unpaired) electrons. The van der Waals surface area contributed by atoms with Crippen LogP contribution in [0.25, 0.3) is 0 Å². The number of hydrogen-bond donors (Lipinski definition) is 1. The fourth-order valence-corrected chi connectivity index (χ4v) is 3.66. The monoisotopic (exact) mass is 356 g/mol. The predicted octanol–water partition coefficient (Wildman–Crippen LogP) is 2.41. The smallest absolute Gasteiger partial charge is 0.217 e. The number of nitrogens with zero attached hydrogens (tertiary/aromatic N) is 1. The quantitative estimate of drug-likeness (QED) is 0.850. The van der Waals surface area contributed by atoms with Gasteiger partial charge in [-0.05, 0) is 24.3 Å². The van der Waals surface area contributed by atoms with Crippen LogP contribution in [0.15, 0.2) is 45.9 Å². The average Bonchev–Trinajstić information content (AvgIpc) is 2.38. The molecule has 1 aromatic heterocycles. The van der Waals surface area contributed by atoms with Gasteiger partial charge in [0.25, 0.3) is 0 Å². The second-order valence-corrected chi connectivity index (χ2v) is 6.99. The first kappa shape index (κ1) is 14.8. The lowest BCUT2D eigenvalue weighted by Crippen LogP contribution is -2.09. The number of sulfone groups is 1. The molecule has 1 aromatic carbocycles. The van der Waals surface area contributed by atoms with E-state index in [2.05, 4.69) is 20.9 Å². The Morgan fingerprint density at radius 3 is 2.75 bits per heavy atom. The molecule has 2 aromatic rings. The van der Waals surface area contributed by atoms with E-state index in [4.69, 9.17) is 10.5 Å². The van der Waals surface area contributed by atoms with Gasteiger partial charge in [-0.2, -0.15) is 0 Å². The third-order valence-electron chi connectivity index (χ3n) is 2.70. The molecule has 0 aliphatic heterocycles. The Labute approximate surface area is 125 Å². The van der Waals surface area contributed by atoms with Crippen molar-refractivity contribution in [3.8, 4) is 5.88 Å². The van der Waals surface area contributed by atoms with Crippen LogP contribution < -0.4 is 10.5 Å². The topological polar surface area (TPSA) is 82.3 Å². The molecule has 0 unspecified atom stereocenters. The number of pyridine rings is 1. The normalized spacial score (nSPS) is 11.3. The molecule has 5 nitrogen and oxygen atoms in total. The molecule has 0 aliphatic carbocycles. The van der Waals surface area contributed by atoms with Crippen molar-refractivity contribution in [1.29, 1.82) is 0 Å². The van der Waals surface area contributed by atoms with Crippen molar-refractivity contribution < 1.29 is 13.2 Å². The van der Waals surface area contributed by atoms with Gasteiger partial charge in [0.15, 0.2) is 9.84 Å². The molecule has 0 fully saturated rings. The van der Waals surface area contributed by atoms with Crippen LogP contribution in [0.3, 0.4) is 0 Å². The van der Waals surface area contributed by atoms with Crippen molar-refractivity contribution >= 4 is 31.5 Å². The molecule has 0 bridgehead atoms. The van der Waals surface area contributed by atoms with Crippen LogP contribution in [-0.2, 0) is 15.6 Å². The number of benzene rings is 1. The number of nitrogens with two attached hydrogens (primary N) is 1. The molecule has 0 saturated carbocycles. The van der Waals surface area contributed by atoms with Crippen LogP contribution in [0.5, 0.6) is 5.88 Å². The Morgan fingerprint density at radius 1 is 1.35 bits per heavy atom. The molecule has 0 atom stereocenters. The van der Waals surface area contributed by atoms with Gasteiger partial charge in [-0.1, -0.05) is 22.0 Å². The summed E-state index contributed by atoms with van der Waals surface area (Å²) in [7, 11) is -2.11. The summed E-state index contributed by atoms with van der Waals surface area (Å²) in [5.41, 5.74) is 6.48. The second kappa shape index (κ2) is 5.80. The van der Waals surface area contributed by atoms with Crippen LogP contribution in [-0.4, -0.2) is 20.5 Å². The van der Waals surface area contributed by atoms with Crippen LogP contribution in [0.4, 0.5) is 5.69 Å². The highest BCUT2D eigenvalue weighted by molar-refractivity contribution is 9.10. The standard InChI is InChI=1S/C13H13BrN2O3S/c1-19-13-9(3-2-6-16-13)8-20(17,18)12-5-4-10(14)7-11(12)15/h2-7H,8,15H2,1H3. The maximum absolute atomic E-state index is 12.4. The van der Waals surface area contributed by atoms with Crippen molar-refractivity contribution in [2.45, 2.75) is 10.6 Å². The number of ether oxygens (including phenoxy) is 1. The maximum Gasteiger partial charge on any atom is 0.217 e. The predicted molar refractivity (Wildman–Crippen MR) is 80.2 cm³/mol. The first-order valence-electron chi connectivity index (χ1n) is 5.69. The number of aromatic nitrogens is 1. The van der Waals surface area contributed by atoms with Crippen LogP contribution in [0, 0.1) is 0 Å². The van der Waals surface area contributed by atoms with E-state index in [0.29, 0.717) is 11.4 Å². The van der Waals surface area contributed by atoms with Crippen LogP contribution >= 0.6 is 15.9 Å². The van der Waals surface area contributed by atoms with Gasteiger partial charge in [0.1, 0.15) is 0 Å². The molecule has 1 heterocycles. The Morgan fingerprint density at radius 2 is 2.10 bits per heavy atom. The van der Waals surface area contributed by atoms with E-state index in [9.17, 15) is 8.42 Å². The van der Waals surface area contributed by atoms with E-state index >= 15 is 0 Å².